The third kappa shape index (κ3) is 2.94. The summed E-state index contributed by atoms with van der Waals surface area (Å²) >= 11 is 0. The summed E-state index contributed by atoms with van der Waals surface area (Å²) in [5.41, 5.74) is 1.76. The summed E-state index contributed by atoms with van der Waals surface area (Å²) in [6.07, 6.45) is 0. The highest BCUT2D eigenvalue weighted by Crippen LogP contribution is 2.24. The minimum absolute atomic E-state index is 0.114. The zero-order valence-electron chi connectivity index (χ0n) is 11.2. The Balaban J connectivity index is 2.25. The molecule has 0 spiro atoms. The van der Waals surface area contributed by atoms with Crippen LogP contribution < -0.4 is 5.32 Å². The molecular weight excluding hydrogens is 258 g/mol. The van der Waals surface area contributed by atoms with E-state index < -0.39 is 11.6 Å². The van der Waals surface area contributed by atoms with Crippen LogP contribution in [0.2, 0.25) is 0 Å². The van der Waals surface area contributed by atoms with Gasteiger partial charge in [0.15, 0.2) is 0 Å². The van der Waals surface area contributed by atoms with Gasteiger partial charge in [-0.25, -0.2) is 8.78 Å². The fourth-order valence-electron chi connectivity index (χ4n) is 1.95. The second-order valence-electron chi connectivity index (χ2n) is 4.68. The maximum Gasteiger partial charge on any atom is 0.146 e. The van der Waals surface area contributed by atoms with Crippen LogP contribution in [-0.4, -0.2) is 0 Å². The predicted molar refractivity (Wildman–Crippen MR) is 74.3 cm³/mol. The first-order chi connectivity index (χ1) is 9.51. The third-order valence-corrected chi connectivity index (χ3v) is 3.14. The molecule has 1 N–H and O–H groups in total. The molecule has 20 heavy (non-hydrogen) atoms. The third-order valence-electron chi connectivity index (χ3n) is 3.14. The second-order valence-corrected chi connectivity index (χ2v) is 4.68. The minimum atomic E-state index is -0.493. The molecule has 0 saturated carbocycles. The molecule has 2 nitrogen and oxygen atoms in total. The normalized spacial score (nSPS) is 11.8. The van der Waals surface area contributed by atoms with Gasteiger partial charge in [-0.05, 0) is 43.2 Å². The van der Waals surface area contributed by atoms with Crippen molar-refractivity contribution in [1.29, 1.82) is 5.26 Å². The van der Waals surface area contributed by atoms with Crippen LogP contribution in [0.25, 0.3) is 0 Å². The Hall–Kier alpha value is -2.41. The maximum atomic E-state index is 13.8. The summed E-state index contributed by atoms with van der Waals surface area (Å²) < 4.78 is 27.3. The Kier molecular flexibility index (Phi) is 3.99. The summed E-state index contributed by atoms with van der Waals surface area (Å²) in [5, 5.41) is 11.8. The smallest absolute Gasteiger partial charge is 0.146 e. The summed E-state index contributed by atoms with van der Waals surface area (Å²) in [7, 11) is 0. The molecule has 2 rings (SSSR count). The first kappa shape index (κ1) is 14.0. The van der Waals surface area contributed by atoms with Gasteiger partial charge >= 0.3 is 0 Å². The number of aryl methyl sites for hydroxylation is 1. The van der Waals surface area contributed by atoms with Crippen molar-refractivity contribution in [2.75, 3.05) is 5.32 Å². The van der Waals surface area contributed by atoms with Crippen LogP contribution in [0, 0.1) is 29.9 Å². The van der Waals surface area contributed by atoms with E-state index in [4.69, 9.17) is 5.26 Å². The number of benzene rings is 2. The summed E-state index contributed by atoms with van der Waals surface area (Å²) in [4.78, 5) is 0. The van der Waals surface area contributed by atoms with Gasteiger partial charge in [0.2, 0.25) is 0 Å². The molecule has 2 aromatic rings. The maximum absolute atomic E-state index is 13.8. The molecule has 4 heteroatoms. The van der Waals surface area contributed by atoms with E-state index >= 15 is 0 Å². The molecule has 0 fully saturated rings. The zero-order chi connectivity index (χ0) is 14.7. The first-order valence-corrected chi connectivity index (χ1v) is 6.23. The van der Waals surface area contributed by atoms with Crippen molar-refractivity contribution < 1.29 is 8.78 Å². The summed E-state index contributed by atoms with van der Waals surface area (Å²) in [6.45, 7) is 3.34. The number of nitrogens with one attached hydrogen (secondary N) is 1. The average Bonchev–Trinajstić information content (AvgIpc) is 2.44. The Morgan fingerprint density at radius 2 is 1.90 bits per heavy atom. The molecule has 0 heterocycles. The van der Waals surface area contributed by atoms with Crippen molar-refractivity contribution in [3.05, 3.63) is 64.7 Å². The summed E-state index contributed by atoms with van der Waals surface area (Å²) in [6, 6.07) is 11.1. The Bertz CT molecular complexity index is 675. The zero-order valence-corrected chi connectivity index (χ0v) is 11.2. The molecule has 0 aromatic heterocycles. The van der Waals surface area contributed by atoms with Gasteiger partial charge in [0.25, 0.3) is 0 Å². The fraction of sp³-hybridized carbons (Fsp3) is 0.188. The molecule has 0 bridgehead atoms. The molecule has 2 aromatic carbocycles. The number of hydrogen-bond acceptors (Lipinski definition) is 2. The van der Waals surface area contributed by atoms with E-state index in [9.17, 15) is 8.78 Å². The largest absolute Gasteiger partial charge is 0.376 e. The highest BCUT2D eigenvalue weighted by molar-refractivity contribution is 5.49. The lowest BCUT2D eigenvalue weighted by Gasteiger charge is -2.17. The van der Waals surface area contributed by atoms with E-state index in [0.717, 1.165) is 17.7 Å². The molecule has 0 aliphatic heterocycles. The van der Waals surface area contributed by atoms with Gasteiger partial charge in [-0.1, -0.05) is 12.1 Å². The summed E-state index contributed by atoms with van der Waals surface area (Å²) in [5.74, 6) is -0.945. The molecule has 1 unspecified atom stereocenters. The molecule has 0 aliphatic rings. The SMILES string of the molecule is Cc1cc(F)c(NC(C)c2cccc(C#N)c2)cc1F. The van der Waals surface area contributed by atoms with Crippen molar-refractivity contribution >= 4 is 5.69 Å². The Morgan fingerprint density at radius 3 is 2.60 bits per heavy atom. The molecule has 102 valence electrons. The minimum Gasteiger partial charge on any atom is -0.376 e. The molecular formula is C16H14F2N2. The van der Waals surface area contributed by atoms with Gasteiger partial charge in [-0.2, -0.15) is 5.26 Å². The van der Waals surface area contributed by atoms with Crippen molar-refractivity contribution in [3.8, 4) is 6.07 Å². The number of rotatable bonds is 3. The number of anilines is 1. The van der Waals surface area contributed by atoms with Crippen molar-refractivity contribution in [2.24, 2.45) is 0 Å². The van der Waals surface area contributed by atoms with E-state index in [2.05, 4.69) is 11.4 Å². The van der Waals surface area contributed by atoms with Crippen LogP contribution in [0.5, 0.6) is 0 Å². The average molecular weight is 272 g/mol. The van der Waals surface area contributed by atoms with E-state index in [0.29, 0.717) is 5.56 Å². The van der Waals surface area contributed by atoms with Gasteiger partial charge in [0.05, 0.1) is 17.3 Å². The molecule has 1 atom stereocenters. The number of nitriles is 1. The van der Waals surface area contributed by atoms with Gasteiger partial charge in [-0.15, -0.1) is 0 Å². The highest BCUT2D eigenvalue weighted by Gasteiger charge is 2.11. The first-order valence-electron chi connectivity index (χ1n) is 6.23. The van der Waals surface area contributed by atoms with Crippen LogP contribution in [0.1, 0.15) is 29.7 Å². The number of halogens is 2. The van der Waals surface area contributed by atoms with Gasteiger partial charge in [-0.3, -0.25) is 0 Å². The lowest BCUT2D eigenvalue weighted by Crippen LogP contribution is -2.09. The van der Waals surface area contributed by atoms with E-state index in [1.54, 1.807) is 18.2 Å². The van der Waals surface area contributed by atoms with E-state index in [-0.39, 0.29) is 17.3 Å². The van der Waals surface area contributed by atoms with E-state index in [1.165, 1.54) is 6.92 Å². The molecule has 0 aliphatic carbocycles. The molecule has 0 saturated heterocycles. The lowest BCUT2D eigenvalue weighted by molar-refractivity contribution is 0.593. The standard InChI is InChI=1S/C16H14F2N2/c1-10-6-15(18)16(8-14(10)17)20-11(2)13-5-3-4-12(7-13)9-19/h3-8,11,20H,1-2H3. The Morgan fingerprint density at radius 1 is 1.15 bits per heavy atom. The Labute approximate surface area is 116 Å². The number of hydrogen-bond donors (Lipinski definition) is 1. The highest BCUT2D eigenvalue weighted by atomic mass is 19.1. The van der Waals surface area contributed by atoms with Gasteiger partial charge < -0.3 is 5.32 Å². The molecule has 0 amide bonds. The van der Waals surface area contributed by atoms with Crippen LogP contribution >= 0.6 is 0 Å². The second kappa shape index (κ2) is 5.70. The lowest BCUT2D eigenvalue weighted by atomic mass is 10.1. The van der Waals surface area contributed by atoms with E-state index in [1.807, 2.05) is 13.0 Å². The predicted octanol–water partition coefficient (Wildman–Crippen LogP) is 4.32. The van der Waals surface area contributed by atoms with Crippen molar-refractivity contribution in [1.82, 2.24) is 0 Å². The van der Waals surface area contributed by atoms with Crippen LogP contribution in [0.4, 0.5) is 14.5 Å². The van der Waals surface area contributed by atoms with Crippen molar-refractivity contribution in [2.45, 2.75) is 19.9 Å². The number of nitrogens with zero attached hydrogens (tertiary/aromatic N) is 1. The van der Waals surface area contributed by atoms with Crippen LogP contribution in [0.3, 0.4) is 0 Å². The van der Waals surface area contributed by atoms with Crippen LogP contribution in [-0.2, 0) is 0 Å². The van der Waals surface area contributed by atoms with Crippen LogP contribution in [0.15, 0.2) is 36.4 Å². The van der Waals surface area contributed by atoms with Gasteiger partial charge in [0.1, 0.15) is 11.6 Å². The fourth-order valence-corrected chi connectivity index (χ4v) is 1.95. The topological polar surface area (TPSA) is 35.8 Å². The quantitative estimate of drug-likeness (QED) is 0.903. The molecule has 0 radical (unpaired) electrons. The van der Waals surface area contributed by atoms with Crippen molar-refractivity contribution in [3.63, 3.8) is 0 Å². The monoisotopic (exact) mass is 272 g/mol. The van der Waals surface area contributed by atoms with Gasteiger partial charge in [0, 0.05) is 12.1 Å².